The van der Waals surface area contributed by atoms with E-state index in [2.05, 4.69) is 61.7 Å². The molecular formula is C24H28HfO8. The van der Waals surface area contributed by atoms with Crippen LogP contribution in [0.1, 0.15) is 49.0 Å². The molecule has 9 heteroatoms. The summed E-state index contributed by atoms with van der Waals surface area (Å²) in [6.45, 7) is 7.08. The van der Waals surface area contributed by atoms with E-state index in [9.17, 15) is 19.8 Å². The van der Waals surface area contributed by atoms with Gasteiger partial charge in [0.05, 0.1) is 0 Å². The Kier molecular flexibility index (Phi) is 15.8. The Bertz CT molecular complexity index is 721. The fourth-order valence-electron chi connectivity index (χ4n) is 2.89. The van der Waals surface area contributed by atoms with Crippen molar-refractivity contribution < 1.29 is 65.3 Å². The van der Waals surface area contributed by atoms with Crippen LogP contribution in [0.5, 0.6) is 0 Å². The summed E-state index contributed by atoms with van der Waals surface area (Å²) < 4.78 is 11.0. The molecule has 2 N–H and O–H groups in total. The summed E-state index contributed by atoms with van der Waals surface area (Å²) >= 11 is 0. The van der Waals surface area contributed by atoms with Crippen LogP contribution < -0.4 is 10.2 Å². The Labute approximate surface area is 212 Å². The van der Waals surface area contributed by atoms with Crippen molar-refractivity contribution in [3.63, 3.8) is 0 Å². The molecule has 2 atom stereocenters. The molecule has 2 fully saturated rings. The van der Waals surface area contributed by atoms with Gasteiger partial charge in [-0.1, -0.05) is 13.2 Å². The number of ether oxygens (including phenoxy) is 2. The summed E-state index contributed by atoms with van der Waals surface area (Å²) in [5, 5.41) is 34.0. The summed E-state index contributed by atoms with van der Waals surface area (Å²) in [5.74, 6) is -5.13. The number of rotatable bonds is 4. The van der Waals surface area contributed by atoms with Crippen molar-refractivity contribution in [1.82, 2.24) is 0 Å². The maximum atomic E-state index is 9.43. The van der Waals surface area contributed by atoms with Gasteiger partial charge in [-0.3, -0.25) is 0 Å². The first-order valence-electron chi connectivity index (χ1n) is 10.1. The zero-order valence-electron chi connectivity index (χ0n) is 18.3. The molecule has 2 unspecified atom stereocenters. The van der Waals surface area contributed by atoms with Crippen molar-refractivity contribution in [3.05, 3.63) is 84.3 Å². The molecular weight excluding hydrogens is 595 g/mol. The standard InChI is InChI=1S/2C9H11O.2C3H4O3.Hf/c2*1-2-5-8(4-1)9-6-3-7-10-9;2*1-2(4)3(5)6;/h2*1-2,4-5,9H,3,6-7H2;2*4H,1H2,(H,5,6);/q2*-1;;;+4/p-2. The minimum absolute atomic E-state index is 0. The second kappa shape index (κ2) is 17.0. The second-order valence-electron chi connectivity index (χ2n) is 6.90. The molecule has 2 heterocycles. The minimum atomic E-state index is -1.49. The Morgan fingerprint density at radius 3 is 1.21 bits per heavy atom. The van der Waals surface area contributed by atoms with Crippen molar-refractivity contribution in [2.45, 2.75) is 37.9 Å². The first-order valence-corrected chi connectivity index (χ1v) is 10.1. The van der Waals surface area contributed by atoms with E-state index in [0.29, 0.717) is 12.2 Å². The predicted octanol–water partition coefficient (Wildman–Crippen LogP) is 2.40. The number of carboxylic acids is 2. The molecule has 0 aliphatic carbocycles. The van der Waals surface area contributed by atoms with E-state index >= 15 is 0 Å². The van der Waals surface area contributed by atoms with Crippen LogP contribution >= 0.6 is 0 Å². The maximum Gasteiger partial charge on any atom is 4.00 e. The van der Waals surface area contributed by atoms with Gasteiger partial charge >= 0.3 is 37.8 Å². The van der Waals surface area contributed by atoms with Crippen LogP contribution in [0.15, 0.2) is 73.2 Å². The van der Waals surface area contributed by atoms with Crippen LogP contribution in [-0.4, -0.2) is 35.4 Å². The largest absolute Gasteiger partial charge is 4.00 e. The van der Waals surface area contributed by atoms with Crippen molar-refractivity contribution in [2.24, 2.45) is 0 Å². The minimum Gasteiger partial charge on any atom is -0.868 e. The Morgan fingerprint density at radius 2 is 1.03 bits per heavy atom. The van der Waals surface area contributed by atoms with E-state index in [1.54, 1.807) is 0 Å². The SMILES string of the molecule is C=C([O-])C(=O)O.C=C([O-])C(=O)O.[Hf+4].c1cc[c-](C2CCCO2)c1.c1cc[c-](C2CCCO2)c1. The molecule has 0 bridgehead atoms. The van der Waals surface area contributed by atoms with Gasteiger partial charge in [0.15, 0.2) is 0 Å². The van der Waals surface area contributed by atoms with Crippen LogP contribution in [0.4, 0.5) is 0 Å². The number of hydrogen-bond acceptors (Lipinski definition) is 6. The summed E-state index contributed by atoms with van der Waals surface area (Å²) in [6.07, 6.45) is 5.63. The molecule has 0 aromatic heterocycles. The maximum absolute atomic E-state index is 9.43. The van der Waals surface area contributed by atoms with Crippen molar-refractivity contribution in [3.8, 4) is 0 Å². The molecule has 0 saturated carbocycles. The van der Waals surface area contributed by atoms with Gasteiger partial charge in [0.25, 0.3) is 0 Å². The van der Waals surface area contributed by atoms with Gasteiger partial charge in [0, 0.05) is 25.4 Å². The van der Waals surface area contributed by atoms with Crippen LogP contribution in [0.3, 0.4) is 0 Å². The van der Waals surface area contributed by atoms with E-state index in [4.69, 9.17) is 19.7 Å². The van der Waals surface area contributed by atoms with Gasteiger partial charge < -0.3 is 29.9 Å². The van der Waals surface area contributed by atoms with Crippen LogP contribution in [-0.2, 0) is 44.9 Å². The predicted molar refractivity (Wildman–Crippen MR) is 113 cm³/mol. The monoisotopic (exact) mass is 624 g/mol. The normalized spacial score (nSPS) is 18.1. The molecule has 2 aromatic carbocycles. The molecule has 4 rings (SSSR count). The quantitative estimate of drug-likeness (QED) is 0.229. The van der Waals surface area contributed by atoms with Gasteiger partial charge in [-0.05, 0) is 37.2 Å². The zero-order chi connectivity index (χ0) is 23.9. The first-order chi connectivity index (χ1) is 15.2. The average molecular weight is 623 g/mol. The van der Waals surface area contributed by atoms with E-state index in [1.165, 1.54) is 36.8 Å². The van der Waals surface area contributed by atoms with Gasteiger partial charge in [0.2, 0.25) is 0 Å². The topological polar surface area (TPSA) is 139 Å². The second-order valence-corrected chi connectivity index (χ2v) is 6.90. The molecule has 2 aliphatic heterocycles. The third-order valence-electron chi connectivity index (χ3n) is 4.46. The van der Waals surface area contributed by atoms with Crippen molar-refractivity contribution in [2.75, 3.05) is 13.2 Å². The van der Waals surface area contributed by atoms with Gasteiger partial charge in [-0.25, -0.2) is 33.9 Å². The van der Waals surface area contributed by atoms with E-state index < -0.39 is 23.5 Å². The Morgan fingerprint density at radius 1 is 0.758 bits per heavy atom. The molecule has 0 amide bonds. The Hall–Kier alpha value is -2.49. The first kappa shape index (κ1) is 30.5. The molecule has 2 saturated heterocycles. The summed E-state index contributed by atoms with van der Waals surface area (Å²) in [6, 6.07) is 16.8. The van der Waals surface area contributed by atoms with Crippen LogP contribution in [0.2, 0.25) is 0 Å². The van der Waals surface area contributed by atoms with Crippen LogP contribution in [0, 0.1) is 0 Å². The molecule has 0 spiro atoms. The molecule has 2 aromatic rings. The van der Waals surface area contributed by atoms with E-state index in [1.807, 2.05) is 0 Å². The Balaban J connectivity index is 0.000000425. The van der Waals surface area contributed by atoms with Crippen molar-refractivity contribution in [1.29, 1.82) is 0 Å². The van der Waals surface area contributed by atoms with Gasteiger partial charge in [0.1, 0.15) is 0 Å². The smallest absolute Gasteiger partial charge is 0.868 e. The summed E-state index contributed by atoms with van der Waals surface area (Å²) in [5.41, 5.74) is 2.69. The van der Waals surface area contributed by atoms with E-state index in [0.717, 1.165) is 13.2 Å². The zero-order valence-corrected chi connectivity index (χ0v) is 21.9. The number of carboxylic acid groups (broad SMARTS) is 2. The van der Waals surface area contributed by atoms with Gasteiger partial charge in [-0.15, -0.1) is 11.1 Å². The number of carbonyl (C=O) groups is 2. The number of hydrogen-bond donors (Lipinski definition) is 2. The van der Waals surface area contributed by atoms with Gasteiger partial charge in [-0.2, -0.15) is 24.3 Å². The molecule has 33 heavy (non-hydrogen) atoms. The van der Waals surface area contributed by atoms with E-state index in [-0.39, 0.29) is 25.8 Å². The van der Waals surface area contributed by atoms with Crippen molar-refractivity contribution >= 4 is 11.9 Å². The fraction of sp³-hybridized carbons (Fsp3) is 0.333. The number of aliphatic carboxylic acids is 2. The molecule has 8 nitrogen and oxygen atoms in total. The summed E-state index contributed by atoms with van der Waals surface area (Å²) in [4.78, 5) is 18.6. The van der Waals surface area contributed by atoms with Crippen LogP contribution in [0.25, 0.3) is 0 Å². The average Bonchev–Trinajstić information content (AvgIpc) is 3.57. The molecule has 0 radical (unpaired) electrons. The third kappa shape index (κ3) is 13.0. The third-order valence-corrected chi connectivity index (χ3v) is 4.46. The molecule has 2 aliphatic rings. The fourth-order valence-corrected chi connectivity index (χ4v) is 2.89. The summed E-state index contributed by atoms with van der Waals surface area (Å²) in [7, 11) is 0. The molecule has 176 valence electrons.